The molecule has 0 bridgehead atoms. The second-order valence-electron chi connectivity index (χ2n) is 5.66. The molecule has 0 aromatic carbocycles. The van der Waals surface area contributed by atoms with E-state index < -0.39 is 0 Å². The Kier molecular flexibility index (Phi) is 5.07. The number of rotatable bonds is 5. The quantitative estimate of drug-likeness (QED) is 0.877. The Morgan fingerprint density at radius 3 is 2.53 bits per heavy atom. The van der Waals surface area contributed by atoms with Crippen LogP contribution in [0.3, 0.4) is 0 Å². The summed E-state index contributed by atoms with van der Waals surface area (Å²) in [5, 5.41) is 7.81. The van der Waals surface area contributed by atoms with Crippen LogP contribution in [0, 0.1) is 0 Å². The summed E-state index contributed by atoms with van der Waals surface area (Å²) in [7, 11) is 1.95. The van der Waals surface area contributed by atoms with Gasteiger partial charge in [0.1, 0.15) is 0 Å². The molecule has 0 unspecified atom stereocenters. The Morgan fingerprint density at radius 2 is 2.06 bits per heavy atom. The van der Waals surface area contributed by atoms with Crippen molar-refractivity contribution in [1.29, 1.82) is 0 Å². The van der Waals surface area contributed by atoms with Crippen LogP contribution in [-0.2, 0) is 7.05 Å². The molecule has 1 aromatic rings. The van der Waals surface area contributed by atoms with Gasteiger partial charge >= 0.3 is 0 Å². The molecule has 2 atom stereocenters. The monoisotopic (exact) mass is 255 g/mol. The van der Waals surface area contributed by atoms with Crippen LogP contribution in [0.25, 0.3) is 0 Å². The molecule has 0 aliphatic rings. The van der Waals surface area contributed by atoms with Gasteiger partial charge in [0.15, 0.2) is 0 Å². The second kappa shape index (κ2) is 5.91. The molecular weight excluding hydrogens is 230 g/mol. The van der Waals surface area contributed by atoms with Gasteiger partial charge in [-0.2, -0.15) is 16.9 Å². The lowest BCUT2D eigenvalue weighted by molar-refractivity contribution is 0.510. The first-order valence-electron chi connectivity index (χ1n) is 6.16. The molecule has 3 nitrogen and oxygen atoms in total. The molecule has 0 fully saturated rings. The van der Waals surface area contributed by atoms with E-state index in [1.54, 1.807) is 0 Å². The summed E-state index contributed by atoms with van der Waals surface area (Å²) in [6.07, 6.45) is 4.00. The zero-order valence-corrected chi connectivity index (χ0v) is 12.6. The molecule has 0 saturated carbocycles. The number of nitrogens with zero attached hydrogens (tertiary/aromatic N) is 2. The van der Waals surface area contributed by atoms with E-state index in [-0.39, 0.29) is 0 Å². The van der Waals surface area contributed by atoms with Crippen LogP contribution < -0.4 is 5.32 Å². The molecule has 1 heterocycles. The molecule has 0 aliphatic heterocycles. The van der Waals surface area contributed by atoms with Crippen LogP contribution >= 0.6 is 11.8 Å². The predicted molar refractivity (Wildman–Crippen MR) is 76.4 cm³/mol. The summed E-state index contributed by atoms with van der Waals surface area (Å²) in [5.41, 5.74) is 1.25. The van der Waals surface area contributed by atoms with Crippen LogP contribution in [0.4, 0.5) is 0 Å². The van der Waals surface area contributed by atoms with Gasteiger partial charge in [0.25, 0.3) is 0 Å². The number of thioether (sulfide) groups is 1. The minimum absolute atomic E-state index is 0.341. The highest BCUT2D eigenvalue weighted by Gasteiger charge is 2.15. The number of hydrogen-bond donors (Lipinski definition) is 1. The van der Waals surface area contributed by atoms with E-state index in [0.29, 0.717) is 16.8 Å². The molecule has 98 valence electrons. The Morgan fingerprint density at radius 1 is 1.41 bits per heavy atom. The van der Waals surface area contributed by atoms with Crippen LogP contribution in [0.5, 0.6) is 0 Å². The SMILES string of the molecule is C[C@H](CSC(C)(C)C)N[C@@H](C)c1cnn(C)c1. The first kappa shape index (κ1) is 14.6. The largest absolute Gasteiger partial charge is 0.307 e. The fraction of sp³-hybridized carbons (Fsp3) is 0.769. The van der Waals surface area contributed by atoms with E-state index in [9.17, 15) is 0 Å². The molecule has 1 N–H and O–H groups in total. The highest BCUT2D eigenvalue weighted by atomic mass is 32.2. The topological polar surface area (TPSA) is 29.9 Å². The van der Waals surface area contributed by atoms with Crippen LogP contribution in [0.1, 0.15) is 46.2 Å². The summed E-state index contributed by atoms with van der Waals surface area (Å²) in [6, 6.07) is 0.869. The molecule has 17 heavy (non-hydrogen) atoms. The van der Waals surface area contributed by atoms with Crippen LogP contribution in [-0.4, -0.2) is 26.3 Å². The zero-order chi connectivity index (χ0) is 13.1. The van der Waals surface area contributed by atoms with Crippen LogP contribution in [0.2, 0.25) is 0 Å². The number of nitrogens with one attached hydrogen (secondary N) is 1. The van der Waals surface area contributed by atoms with Gasteiger partial charge in [0.05, 0.1) is 6.20 Å². The van der Waals surface area contributed by atoms with Crippen molar-refractivity contribution < 1.29 is 0 Å². The maximum Gasteiger partial charge on any atom is 0.0537 e. The van der Waals surface area contributed by atoms with Crippen molar-refractivity contribution in [2.24, 2.45) is 7.05 Å². The minimum atomic E-state index is 0.341. The summed E-state index contributed by atoms with van der Waals surface area (Å²) < 4.78 is 2.19. The average molecular weight is 255 g/mol. The third kappa shape index (κ3) is 5.59. The standard InChI is InChI=1S/C13H25N3S/c1-10(9-17-13(3,4)5)15-11(2)12-7-14-16(6)8-12/h7-8,10-11,15H,9H2,1-6H3/t10-,11+/m1/s1. The third-order valence-corrected chi connectivity index (χ3v) is 4.06. The molecule has 0 radical (unpaired) electrons. The van der Waals surface area contributed by atoms with Crippen molar-refractivity contribution in [1.82, 2.24) is 15.1 Å². The smallest absolute Gasteiger partial charge is 0.0537 e. The van der Waals surface area contributed by atoms with Crippen molar-refractivity contribution >= 4 is 11.8 Å². The van der Waals surface area contributed by atoms with Crippen molar-refractivity contribution in [2.45, 2.75) is 51.4 Å². The summed E-state index contributed by atoms with van der Waals surface area (Å²) in [6.45, 7) is 11.2. The Bertz CT molecular complexity index is 341. The summed E-state index contributed by atoms with van der Waals surface area (Å²) in [4.78, 5) is 0. The number of hydrogen-bond acceptors (Lipinski definition) is 3. The van der Waals surface area contributed by atoms with E-state index in [2.05, 4.69) is 51.2 Å². The normalized spacial score (nSPS) is 15.9. The van der Waals surface area contributed by atoms with Crippen molar-refractivity contribution in [3.05, 3.63) is 18.0 Å². The van der Waals surface area contributed by atoms with Gasteiger partial charge in [-0.15, -0.1) is 0 Å². The molecule has 0 saturated heterocycles. The van der Waals surface area contributed by atoms with E-state index in [1.165, 1.54) is 5.56 Å². The molecule has 1 aromatic heterocycles. The van der Waals surface area contributed by atoms with E-state index >= 15 is 0 Å². The first-order chi connectivity index (χ1) is 7.78. The van der Waals surface area contributed by atoms with E-state index in [1.807, 2.05) is 29.7 Å². The van der Waals surface area contributed by atoms with E-state index in [4.69, 9.17) is 0 Å². The van der Waals surface area contributed by atoms with Crippen molar-refractivity contribution in [2.75, 3.05) is 5.75 Å². The lowest BCUT2D eigenvalue weighted by Crippen LogP contribution is -2.32. The van der Waals surface area contributed by atoms with Crippen molar-refractivity contribution in [3.8, 4) is 0 Å². The maximum absolute atomic E-state index is 4.20. The fourth-order valence-electron chi connectivity index (χ4n) is 1.61. The highest BCUT2D eigenvalue weighted by Crippen LogP contribution is 2.24. The first-order valence-corrected chi connectivity index (χ1v) is 7.15. The van der Waals surface area contributed by atoms with Gasteiger partial charge in [0.2, 0.25) is 0 Å². The van der Waals surface area contributed by atoms with Gasteiger partial charge < -0.3 is 5.32 Å². The van der Waals surface area contributed by atoms with Crippen molar-refractivity contribution in [3.63, 3.8) is 0 Å². The Balaban J connectivity index is 2.38. The predicted octanol–water partition coefficient (Wildman–Crippen LogP) is 2.99. The Labute approximate surface area is 109 Å². The van der Waals surface area contributed by atoms with Gasteiger partial charge in [-0.3, -0.25) is 4.68 Å². The highest BCUT2D eigenvalue weighted by molar-refractivity contribution is 8.00. The number of aryl methyl sites for hydroxylation is 1. The van der Waals surface area contributed by atoms with E-state index in [0.717, 1.165) is 5.75 Å². The van der Waals surface area contributed by atoms with Gasteiger partial charge in [-0.1, -0.05) is 20.8 Å². The lowest BCUT2D eigenvalue weighted by Gasteiger charge is -2.23. The zero-order valence-electron chi connectivity index (χ0n) is 11.8. The van der Waals surface area contributed by atoms with Gasteiger partial charge in [0, 0.05) is 41.4 Å². The number of aromatic nitrogens is 2. The molecule has 0 spiro atoms. The maximum atomic E-state index is 4.20. The average Bonchev–Trinajstić information content (AvgIpc) is 2.61. The Hall–Kier alpha value is -0.480. The molecule has 4 heteroatoms. The molecule has 1 rings (SSSR count). The summed E-state index contributed by atoms with van der Waals surface area (Å²) in [5.74, 6) is 1.13. The van der Waals surface area contributed by atoms with Crippen LogP contribution in [0.15, 0.2) is 12.4 Å². The second-order valence-corrected chi connectivity index (χ2v) is 7.51. The fourth-order valence-corrected chi connectivity index (χ4v) is 2.46. The molecule has 0 amide bonds. The minimum Gasteiger partial charge on any atom is -0.307 e. The molecular formula is C13H25N3S. The summed E-state index contributed by atoms with van der Waals surface area (Å²) >= 11 is 2.00. The third-order valence-electron chi connectivity index (χ3n) is 2.53. The van der Waals surface area contributed by atoms with Gasteiger partial charge in [-0.25, -0.2) is 0 Å². The molecule has 0 aliphatic carbocycles. The lowest BCUT2D eigenvalue weighted by atomic mass is 10.2. The van der Waals surface area contributed by atoms with Gasteiger partial charge in [-0.05, 0) is 13.8 Å².